The third-order valence-electron chi connectivity index (χ3n) is 6.13. The Labute approximate surface area is 183 Å². The zero-order chi connectivity index (χ0) is 21.8. The molecule has 0 unspecified atom stereocenters. The minimum atomic E-state index is -3.68. The van der Waals surface area contributed by atoms with Crippen LogP contribution in [0.25, 0.3) is 0 Å². The molecule has 0 spiro atoms. The van der Waals surface area contributed by atoms with Crippen molar-refractivity contribution in [2.75, 3.05) is 36.4 Å². The molecule has 0 bridgehead atoms. The van der Waals surface area contributed by atoms with E-state index in [4.69, 9.17) is 0 Å². The molecule has 2 aliphatic heterocycles. The van der Waals surface area contributed by atoms with Crippen molar-refractivity contribution in [1.82, 2.24) is 4.31 Å². The molecular weight excluding hydrogens is 417 g/mol. The van der Waals surface area contributed by atoms with Crippen LogP contribution in [-0.2, 0) is 14.8 Å². The number of anilines is 2. The number of carbonyl (C=O) groups excluding carboxylic acids is 1. The van der Waals surface area contributed by atoms with E-state index in [-0.39, 0.29) is 29.8 Å². The fraction of sp³-hybridized carbons (Fsp3) is 0.435. The van der Waals surface area contributed by atoms with Gasteiger partial charge >= 0.3 is 0 Å². The fourth-order valence-electron chi connectivity index (χ4n) is 4.34. The number of rotatable bonds is 5. The number of hydrogen-bond donors (Lipinski definition) is 1. The van der Waals surface area contributed by atoms with E-state index in [1.165, 1.54) is 22.9 Å². The number of piperidine rings is 2. The average molecular weight is 446 g/mol. The summed E-state index contributed by atoms with van der Waals surface area (Å²) in [5.41, 5.74) is 1.86. The van der Waals surface area contributed by atoms with Crippen LogP contribution in [0.5, 0.6) is 0 Å². The summed E-state index contributed by atoms with van der Waals surface area (Å²) >= 11 is 0. The first-order chi connectivity index (χ1) is 14.9. The molecule has 2 heterocycles. The van der Waals surface area contributed by atoms with E-state index in [1.807, 2.05) is 24.3 Å². The molecule has 0 aliphatic carbocycles. The molecule has 31 heavy (non-hydrogen) atoms. The van der Waals surface area contributed by atoms with Gasteiger partial charge in [0, 0.05) is 32.1 Å². The number of nitrogens with one attached hydrogen (secondary N) is 1. The summed E-state index contributed by atoms with van der Waals surface area (Å²) in [4.78, 5) is 15.3. The number of sulfonamides is 1. The van der Waals surface area contributed by atoms with Gasteiger partial charge in [0.1, 0.15) is 5.82 Å². The predicted molar refractivity (Wildman–Crippen MR) is 119 cm³/mol. The van der Waals surface area contributed by atoms with Crippen LogP contribution < -0.4 is 10.2 Å². The second kappa shape index (κ2) is 9.36. The van der Waals surface area contributed by atoms with Crippen LogP contribution in [0.15, 0.2) is 53.4 Å². The Balaban J connectivity index is 1.38. The van der Waals surface area contributed by atoms with Gasteiger partial charge in [0.15, 0.2) is 0 Å². The van der Waals surface area contributed by atoms with Crippen LogP contribution in [-0.4, -0.2) is 44.8 Å². The van der Waals surface area contributed by atoms with Crippen molar-refractivity contribution in [3.63, 3.8) is 0 Å². The quantitative estimate of drug-likeness (QED) is 0.759. The number of amides is 1. The lowest BCUT2D eigenvalue weighted by molar-refractivity contribution is -0.120. The summed E-state index contributed by atoms with van der Waals surface area (Å²) in [6.45, 7) is 2.52. The molecule has 0 saturated carbocycles. The van der Waals surface area contributed by atoms with Crippen LogP contribution in [0.1, 0.15) is 32.1 Å². The largest absolute Gasteiger partial charge is 0.370 e. The van der Waals surface area contributed by atoms with Gasteiger partial charge in [-0.05, 0) is 68.5 Å². The summed E-state index contributed by atoms with van der Waals surface area (Å²) in [5.74, 6) is -0.781. The maximum absolute atomic E-state index is 13.1. The smallest absolute Gasteiger partial charge is 0.243 e. The molecular formula is C23H28FN3O3S. The Morgan fingerprint density at radius 2 is 1.55 bits per heavy atom. The number of halogens is 1. The number of carbonyl (C=O) groups is 1. The van der Waals surface area contributed by atoms with Gasteiger partial charge in [0.25, 0.3) is 0 Å². The van der Waals surface area contributed by atoms with Gasteiger partial charge in [0.2, 0.25) is 15.9 Å². The summed E-state index contributed by atoms with van der Waals surface area (Å²) in [6.07, 6.45) is 4.47. The maximum Gasteiger partial charge on any atom is 0.243 e. The first-order valence-corrected chi connectivity index (χ1v) is 12.3. The second-order valence-electron chi connectivity index (χ2n) is 8.19. The molecule has 8 heteroatoms. The molecule has 2 aromatic carbocycles. The van der Waals surface area contributed by atoms with Crippen molar-refractivity contribution in [3.05, 3.63) is 54.3 Å². The third-order valence-corrected chi connectivity index (χ3v) is 8.05. The average Bonchev–Trinajstić information content (AvgIpc) is 2.80. The van der Waals surface area contributed by atoms with Crippen LogP contribution in [0.3, 0.4) is 0 Å². The first-order valence-electron chi connectivity index (χ1n) is 10.9. The number of benzene rings is 2. The fourth-order valence-corrected chi connectivity index (χ4v) is 5.81. The van der Waals surface area contributed by atoms with E-state index < -0.39 is 15.8 Å². The van der Waals surface area contributed by atoms with E-state index in [2.05, 4.69) is 10.2 Å². The lowest BCUT2D eigenvalue weighted by atomic mass is 9.97. The Kier molecular flexibility index (Phi) is 6.57. The van der Waals surface area contributed by atoms with Crippen LogP contribution in [0.4, 0.5) is 15.8 Å². The highest BCUT2D eigenvalue weighted by atomic mass is 32.2. The topological polar surface area (TPSA) is 69.7 Å². The summed E-state index contributed by atoms with van der Waals surface area (Å²) < 4.78 is 40.1. The zero-order valence-corrected chi connectivity index (χ0v) is 18.3. The van der Waals surface area contributed by atoms with Crippen molar-refractivity contribution < 1.29 is 17.6 Å². The van der Waals surface area contributed by atoms with Gasteiger partial charge in [-0.3, -0.25) is 4.79 Å². The Morgan fingerprint density at radius 1 is 0.903 bits per heavy atom. The minimum absolute atomic E-state index is 0.0664. The summed E-state index contributed by atoms with van der Waals surface area (Å²) in [6, 6.07) is 12.7. The normalized spacial score (nSPS) is 18.7. The minimum Gasteiger partial charge on any atom is -0.370 e. The SMILES string of the molecule is O=C(Nc1ccccc1N1CCCCC1)C1CCN(S(=O)(=O)c2ccc(F)cc2)CC1. The van der Waals surface area contributed by atoms with Gasteiger partial charge in [-0.15, -0.1) is 0 Å². The second-order valence-corrected chi connectivity index (χ2v) is 10.1. The van der Waals surface area contributed by atoms with Crippen molar-refractivity contribution in [2.45, 2.75) is 37.0 Å². The number of hydrogen-bond acceptors (Lipinski definition) is 4. The molecule has 1 N–H and O–H groups in total. The van der Waals surface area contributed by atoms with E-state index >= 15 is 0 Å². The Hall–Kier alpha value is -2.45. The van der Waals surface area contributed by atoms with Gasteiger partial charge in [-0.25, -0.2) is 12.8 Å². The molecule has 6 nitrogen and oxygen atoms in total. The van der Waals surface area contributed by atoms with E-state index in [0.29, 0.717) is 12.8 Å². The highest BCUT2D eigenvalue weighted by Gasteiger charge is 2.32. The molecule has 2 aromatic rings. The molecule has 2 saturated heterocycles. The van der Waals surface area contributed by atoms with Gasteiger partial charge in [-0.2, -0.15) is 4.31 Å². The maximum atomic E-state index is 13.1. The zero-order valence-electron chi connectivity index (χ0n) is 17.5. The third kappa shape index (κ3) is 4.91. The lowest BCUT2D eigenvalue weighted by Crippen LogP contribution is -2.41. The molecule has 166 valence electrons. The van der Waals surface area contributed by atoms with E-state index in [1.54, 1.807) is 0 Å². The van der Waals surface area contributed by atoms with Crippen LogP contribution in [0.2, 0.25) is 0 Å². The molecule has 2 fully saturated rings. The molecule has 2 aliphatic rings. The van der Waals surface area contributed by atoms with Crippen molar-refractivity contribution in [1.29, 1.82) is 0 Å². The monoisotopic (exact) mass is 445 g/mol. The molecule has 0 aromatic heterocycles. The Bertz CT molecular complexity index is 1010. The van der Waals surface area contributed by atoms with Crippen molar-refractivity contribution >= 4 is 27.3 Å². The molecule has 4 rings (SSSR count). The molecule has 0 radical (unpaired) electrons. The standard InChI is InChI=1S/C23H28FN3O3S/c24-19-8-10-20(11-9-19)31(29,30)27-16-12-18(13-17-27)23(28)25-21-6-2-3-7-22(21)26-14-4-1-5-15-26/h2-3,6-11,18H,1,4-5,12-17H2,(H,25,28). The lowest BCUT2D eigenvalue weighted by Gasteiger charge is -2.32. The van der Waals surface area contributed by atoms with E-state index in [9.17, 15) is 17.6 Å². The van der Waals surface area contributed by atoms with Gasteiger partial charge in [0.05, 0.1) is 16.3 Å². The molecule has 1 amide bonds. The van der Waals surface area contributed by atoms with Crippen LogP contribution >= 0.6 is 0 Å². The highest BCUT2D eigenvalue weighted by molar-refractivity contribution is 7.89. The van der Waals surface area contributed by atoms with Gasteiger partial charge in [-0.1, -0.05) is 12.1 Å². The van der Waals surface area contributed by atoms with Gasteiger partial charge < -0.3 is 10.2 Å². The summed E-state index contributed by atoms with van der Waals surface area (Å²) in [7, 11) is -3.68. The summed E-state index contributed by atoms with van der Waals surface area (Å²) in [5, 5.41) is 3.08. The number of nitrogens with zero attached hydrogens (tertiary/aromatic N) is 2. The molecule has 0 atom stereocenters. The van der Waals surface area contributed by atoms with E-state index in [0.717, 1.165) is 49.4 Å². The number of para-hydroxylation sites is 2. The van der Waals surface area contributed by atoms with Crippen LogP contribution in [0, 0.1) is 11.7 Å². The highest BCUT2D eigenvalue weighted by Crippen LogP contribution is 2.30. The Morgan fingerprint density at radius 3 is 2.23 bits per heavy atom. The first kappa shape index (κ1) is 21.8. The van der Waals surface area contributed by atoms with Crippen molar-refractivity contribution in [2.24, 2.45) is 5.92 Å². The predicted octanol–water partition coefficient (Wildman–Crippen LogP) is 3.86. The van der Waals surface area contributed by atoms with Crippen molar-refractivity contribution in [3.8, 4) is 0 Å².